The van der Waals surface area contributed by atoms with Gasteiger partial charge in [-0.25, -0.2) is 4.39 Å². The predicted octanol–water partition coefficient (Wildman–Crippen LogP) is 2.70. The molecule has 1 aliphatic rings. The van der Waals surface area contributed by atoms with Crippen LogP contribution in [0, 0.1) is 11.7 Å². The third-order valence-corrected chi connectivity index (χ3v) is 4.87. The summed E-state index contributed by atoms with van der Waals surface area (Å²) in [5.41, 5.74) is -0.289. The van der Waals surface area contributed by atoms with Gasteiger partial charge in [0.15, 0.2) is 0 Å². The number of rotatable bonds is 6. The minimum Gasteiger partial charge on any atom is -0.394 e. The Balaban J connectivity index is 1.96. The lowest BCUT2D eigenvalue weighted by molar-refractivity contribution is -0.126. The van der Waals surface area contributed by atoms with Gasteiger partial charge in [-0.3, -0.25) is 4.79 Å². The first-order valence-corrected chi connectivity index (χ1v) is 8.30. The number of aliphatic hydroxyl groups is 2. The molecule has 1 aromatic carbocycles. The van der Waals surface area contributed by atoms with E-state index in [1.165, 1.54) is 24.6 Å². The fourth-order valence-electron chi connectivity index (χ4n) is 3.39. The van der Waals surface area contributed by atoms with Crippen molar-refractivity contribution >= 4 is 5.91 Å². The van der Waals surface area contributed by atoms with Gasteiger partial charge in [0.2, 0.25) is 5.91 Å². The van der Waals surface area contributed by atoms with E-state index in [1.54, 1.807) is 6.07 Å². The zero-order valence-corrected chi connectivity index (χ0v) is 13.6. The van der Waals surface area contributed by atoms with E-state index in [1.807, 2.05) is 6.92 Å². The molecule has 5 heteroatoms. The maximum absolute atomic E-state index is 13.2. The van der Waals surface area contributed by atoms with Crippen LogP contribution in [-0.4, -0.2) is 28.3 Å². The van der Waals surface area contributed by atoms with E-state index in [4.69, 9.17) is 0 Å². The molecule has 0 spiro atoms. The molecule has 0 heterocycles. The zero-order valence-electron chi connectivity index (χ0n) is 13.6. The van der Waals surface area contributed by atoms with Gasteiger partial charge in [0.1, 0.15) is 5.82 Å². The van der Waals surface area contributed by atoms with Crippen LogP contribution in [-0.2, 0) is 4.79 Å². The van der Waals surface area contributed by atoms with E-state index < -0.39 is 17.5 Å². The average molecular weight is 323 g/mol. The quantitative estimate of drug-likeness (QED) is 0.754. The molecule has 4 nitrogen and oxygen atoms in total. The highest BCUT2D eigenvalue weighted by atomic mass is 19.1. The molecule has 1 fully saturated rings. The SMILES string of the molecule is C[C@](CO)(NC(=O)C[C@@H](O)c1cccc(F)c1)C1CCCCC1. The van der Waals surface area contributed by atoms with Crippen LogP contribution in [0.3, 0.4) is 0 Å². The van der Waals surface area contributed by atoms with Crippen molar-refractivity contribution in [3.63, 3.8) is 0 Å². The fourth-order valence-corrected chi connectivity index (χ4v) is 3.39. The number of carbonyl (C=O) groups excluding carboxylic acids is 1. The Morgan fingerprint density at radius 3 is 2.70 bits per heavy atom. The first kappa shape index (κ1) is 17.9. The van der Waals surface area contributed by atoms with Gasteiger partial charge in [0.05, 0.1) is 24.7 Å². The molecule has 1 aliphatic carbocycles. The second kappa shape index (κ2) is 7.88. The maximum Gasteiger partial charge on any atom is 0.223 e. The van der Waals surface area contributed by atoms with Crippen molar-refractivity contribution in [2.75, 3.05) is 6.61 Å². The second-order valence-corrected chi connectivity index (χ2v) is 6.73. The number of halogens is 1. The zero-order chi connectivity index (χ0) is 16.9. The van der Waals surface area contributed by atoms with Gasteiger partial charge >= 0.3 is 0 Å². The van der Waals surface area contributed by atoms with Crippen LogP contribution in [0.2, 0.25) is 0 Å². The maximum atomic E-state index is 13.2. The molecule has 0 aromatic heterocycles. The molecule has 0 aliphatic heterocycles. The number of amides is 1. The van der Waals surface area contributed by atoms with Gasteiger partial charge in [-0.1, -0.05) is 31.4 Å². The van der Waals surface area contributed by atoms with Crippen LogP contribution in [0.15, 0.2) is 24.3 Å². The summed E-state index contributed by atoms with van der Waals surface area (Å²) in [6.45, 7) is 1.73. The van der Waals surface area contributed by atoms with Crippen molar-refractivity contribution in [2.24, 2.45) is 5.92 Å². The molecule has 1 aromatic rings. The van der Waals surface area contributed by atoms with Gasteiger partial charge < -0.3 is 15.5 Å². The largest absolute Gasteiger partial charge is 0.394 e. The summed E-state index contributed by atoms with van der Waals surface area (Å²) in [7, 11) is 0. The standard InChI is InChI=1S/C18H26FNO3/c1-18(12-21,14-7-3-2-4-8-14)20-17(23)11-16(22)13-6-5-9-15(19)10-13/h5-6,9-10,14,16,21-22H,2-4,7-8,11-12H2,1H3,(H,20,23)/t16-,18-/m1/s1. The first-order valence-electron chi connectivity index (χ1n) is 8.30. The van der Waals surface area contributed by atoms with Crippen molar-refractivity contribution in [1.29, 1.82) is 0 Å². The van der Waals surface area contributed by atoms with Crippen LogP contribution in [0.25, 0.3) is 0 Å². The highest BCUT2D eigenvalue weighted by Crippen LogP contribution is 2.32. The topological polar surface area (TPSA) is 69.6 Å². The summed E-state index contributed by atoms with van der Waals surface area (Å²) < 4.78 is 13.2. The molecule has 0 radical (unpaired) electrons. The third kappa shape index (κ3) is 4.75. The van der Waals surface area contributed by atoms with Crippen molar-refractivity contribution < 1.29 is 19.4 Å². The molecule has 0 unspecified atom stereocenters. The molecule has 3 N–H and O–H groups in total. The van der Waals surface area contributed by atoms with Crippen molar-refractivity contribution in [3.05, 3.63) is 35.6 Å². The smallest absolute Gasteiger partial charge is 0.223 e. The Kier molecular flexibility index (Phi) is 6.13. The summed E-state index contributed by atoms with van der Waals surface area (Å²) >= 11 is 0. The molecule has 128 valence electrons. The molecular formula is C18H26FNO3. The molecule has 2 atom stereocenters. The van der Waals surface area contributed by atoms with Gasteiger partial charge in [-0.15, -0.1) is 0 Å². The molecule has 0 saturated heterocycles. The molecule has 23 heavy (non-hydrogen) atoms. The minimum atomic E-state index is -1.06. The normalized spacial score (nSPS) is 19.8. The molecule has 1 amide bonds. The Hall–Kier alpha value is -1.46. The van der Waals surface area contributed by atoms with Crippen LogP contribution in [0.1, 0.15) is 57.1 Å². The predicted molar refractivity (Wildman–Crippen MR) is 86.2 cm³/mol. The molecule has 0 bridgehead atoms. The number of hydrogen-bond donors (Lipinski definition) is 3. The Labute approximate surface area is 136 Å². The van der Waals surface area contributed by atoms with Crippen LogP contribution in [0.4, 0.5) is 4.39 Å². The van der Waals surface area contributed by atoms with Gasteiger partial charge in [-0.2, -0.15) is 0 Å². The van der Waals surface area contributed by atoms with Crippen LogP contribution >= 0.6 is 0 Å². The van der Waals surface area contributed by atoms with Crippen LogP contribution < -0.4 is 5.32 Å². The van der Waals surface area contributed by atoms with Gasteiger partial charge in [0, 0.05) is 0 Å². The molecular weight excluding hydrogens is 297 g/mol. The Morgan fingerprint density at radius 2 is 2.09 bits per heavy atom. The lowest BCUT2D eigenvalue weighted by Gasteiger charge is -2.39. The molecule has 1 saturated carbocycles. The fraction of sp³-hybridized carbons (Fsp3) is 0.611. The van der Waals surface area contributed by atoms with E-state index in [0.717, 1.165) is 25.7 Å². The highest BCUT2D eigenvalue weighted by molar-refractivity contribution is 5.77. The van der Waals surface area contributed by atoms with Crippen molar-refractivity contribution in [3.8, 4) is 0 Å². The van der Waals surface area contributed by atoms with E-state index in [9.17, 15) is 19.4 Å². The van der Waals surface area contributed by atoms with Crippen molar-refractivity contribution in [1.82, 2.24) is 5.32 Å². The number of nitrogens with one attached hydrogen (secondary N) is 1. The third-order valence-electron chi connectivity index (χ3n) is 4.87. The second-order valence-electron chi connectivity index (χ2n) is 6.73. The van der Waals surface area contributed by atoms with E-state index in [0.29, 0.717) is 5.56 Å². The lowest BCUT2D eigenvalue weighted by atomic mass is 9.76. The number of benzene rings is 1. The summed E-state index contributed by atoms with van der Waals surface area (Å²) in [4.78, 5) is 12.3. The summed E-state index contributed by atoms with van der Waals surface area (Å²) in [6.07, 6.45) is 4.20. The molecule has 2 rings (SSSR count). The summed E-state index contributed by atoms with van der Waals surface area (Å²) in [5.74, 6) is -0.523. The highest BCUT2D eigenvalue weighted by Gasteiger charge is 2.36. The average Bonchev–Trinajstić information content (AvgIpc) is 2.55. The van der Waals surface area contributed by atoms with E-state index >= 15 is 0 Å². The Morgan fingerprint density at radius 1 is 1.39 bits per heavy atom. The minimum absolute atomic E-state index is 0.126. The monoisotopic (exact) mass is 323 g/mol. The van der Waals surface area contributed by atoms with Crippen molar-refractivity contribution in [2.45, 2.75) is 57.1 Å². The number of aliphatic hydroxyl groups excluding tert-OH is 2. The summed E-state index contributed by atoms with van der Waals surface area (Å²) in [6, 6.07) is 5.62. The Bertz CT molecular complexity index is 531. The van der Waals surface area contributed by atoms with Crippen LogP contribution in [0.5, 0.6) is 0 Å². The first-order chi connectivity index (χ1) is 10.9. The lowest BCUT2D eigenvalue weighted by Crippen LogP contribution is -2.54. The van der Waals surface area contributed by atoms with Gasteiger partial charge in [-0.05, 0) is 43.4 Å². The van der Waals surface area contributed by atoms with Gasteiger partial charge in [0.25, 0.3) is 0 Å². The number of hydrogen-bond acceptors (Lipinski definition) is 3. The van der Waals surface area contributed by atoms with E-state index in [2.05, 4.69) is 5.32 Å². The summed E-state index contributed by atoms with van der Waals surface area (Å²) in [5, 5.41) is 22.7. The number of carbonyl (C=O) groups is 1. The van der Waals surface area contributed by atoms with E-state index in [-0.39, 0.29) is 24.9 Å².